The molecule has 0 aliphatic carbocycles. The van der Waals surface area contributed by atoms with Gasteiger partial charge in [-0.1, -0.05) is 53.5 Å². The Kier molecular flexibility index (Phi) is 3.68. The molecule has 2 aromatic rings. The van der Waals surface area contributed by atoms with Crippen molar-refractivity contribution in [3.05, 3.63) is 63.6 Å². The predicted molar refractivity (Wildman–Crippen MR) is 82.7 cm³/mol. The molecule has 0 aromatic heterocycles. The minimum Gasteiger partial charge on any atom is -0.375 e. The van der Waals surface area contributed by atoms with E-state index in [1.807, 2.05) is 36.4 Å². The molecule has 1 aliphatic rings. The molecule has 3 rings (SSSR count). The first kappa shape index (κ1) is 13.5. The van der Waals surface area contributed by atoms with Crippen molar-refractivity contribution < 1.29 is 4.79 Å². The van der Waals surface area contributed by atoms with Crippen molar-refractivity contribution in [2.24, 2.45) is 0 Å². The number of Topliss-reactive ketones (excluding diaryl/α,β-unsaturated/α-hetero) is 1. The molecular formula is C16H13Cl2NO. The molecule has 20 heavy (non-hydrogen) atoms. The lowest BCUT2D eigenvalue weighted by atomic mass is 10.0. The first-order valence-electron chi connectivity index (χ1n) is 6.45. The number of fused-ring (bicyclic) bond motifs is 1. The summed E-state index contributed by atoms with van der Waals surface area (Å²) in [4.78, 5) is 12.4. The molecule has 102 valence electrons. The van der Waals surface area contributed by atoms with Crippen molar-refractivity contribution in [1.82, 2.24) is 0 Å². The second-order valence-electron chi connectivity index (χ2n) is 4.91. The number of carbonyl (C=O) groups is 1. The van der Waals surface area contributed by atoms with Gasteiger partial charge >= 0.3 is 0 Å². The molecule has 0 bridgehead atoms. The zero-order valence-corrected chi connectivity index (χ0v) is 12.2. The minimum atomic E-state index is -0.178. The maximum atomic E-state index is 12.4. The summed E-state index contributed by atoms with van der Waals surface area (Å²) in [6.07, 6.45) is 1.03. The lowest BCUT2D eigenvalue weighted by Crippen LogP contribution is -2.28. The number of anilines is 1. The highest BCUT2D eigenvalue weighted by atomic mass is 35.5. The molecule has 2 aromatic carbocycles. The van der Waals surface area contributed by atoms with Crippen molar-refractivity contribution in [3.8, 4) is 0 Å². The van der Waals surface area contributed by atoms with Gasteiger partial charge in [0.05, 0.1) is 16.1 Å². The van der Waals surface area contributed by atoms with Crippen LogP contribution < -0.4 is 5.32 Å². The lowest BCUT2D eigenvalue weighted by Gasteiger charge is -2.11. The Bertz CT molecular complexity index is 644. The monoisotopic (exact) mass is 305 g/mol. The van der Waals surface area contributed by atoms with Crippen LogP contribution in [0, 0.1) is 0 Å². The highest BCUT2D eigenvalue weighted by molar-refractivity contribution is 6.42. The molecule has 2 nitrogen and oxygen atoms in total. The topological polar surface area (TPSA) is 29.1 Å². The third kappa shape index (κ3) is 2.54. The van der Waals surface area contributed by atoms with Gasteiger partial charge in [-0.2, -0.15) is 0 Å². The molecule has 1 aliphatic heterocycles. The average Bonchev–Trinajstić information content (AvgIpc) is 2.88. The van der Waals surface area contributed by atoms with Gasteiger partial charge in [0.1, 0.15) is 0 Å². The quantitative estimate of drug-likeness (QED) is 0.923. The first-order valence-corrected chi connectivity index (χ1v) is 7.21. The largest absolute Gasteiger partial charge is 0.375 e. The highest BCUT2D eigenvalue weighted by Crippen LogP contribution is 2.29. The number of rotatable bonds is 3. The Labute approximate surface area is 127 Å². The molecule has 1 N–H and O–H groups in total. The third-order valence-corrected chi connectivity index (χ3v) is 4.41. The number of hydrogen-bond donors (Lipinski definition) is 1. The van der Waals surface area contributed by atoms with Crippen molar-refractivity contribution in [1.29, 1.82) is 0 Å². The Balaban J connectivity index is 1.74. The summed E-state index contributed by atoms with van der Waals surface area (Å²) >= 11 is 12.1. The van der Waals surface area contributed by atoms with Crippen molar-refractivity contribution in [3.63, 3.8) is 0 Å². The van der Waals surface area contributed by atoms with Gasteiger partial charge in [0.25, 0.3) is 0 Å². The molecule has 0 fully saturated rings. The van der Waals surface area contributed by atoms with Gasteiger partial charge in [-0.25, -0.2) is 0 Å². The zero-order valence-electron chi connectivity index (χ0n) is 10.7. The summed E-state index contributed by atoms with van der Waals surface area (Å²) < 4.78 is 0. The lowest BCUT2D eigenvalue weighted by molar-refractivity contribution is -0.119. The van der Waals surface area contributed by atoms with Crippen LogP contribution in [-0.4, -0.2) is 11.8 Å². The summed E-state index contributed by atoms with van der Waals surface area (Å²) in [7, 11) is 0. The minimum absolute atomic E-state index is 0.130. The van der Waals surface area contributed by atoms with Gasteiger partial charge in [0.2, 0.25) is 0 Å². The van der Waals surface area contributed by atoms with Crippen LogP contribution in [0.2, 0.25) is 10.0 Å². The Morgan fingerprint density at radius 1 is 1.15 bits per heavy atom. The van der Waals surface area contributed by atoms with Gasteiger partial charge in [-0.3, -0.25) is 4.79 Å². The summed E-state index contributed by atoms with van der Waals surface area (Å²) in [5.74, 6) is 0.130. The Morgan fingerprint density at radius 2 is 1.95 bits per heavy atom. The Hall–Kier alpha value is -1.51. The molecule has 0 spiro atoms. The summed E-state index contributed by atoms with van der Waals surface area (Å²) in [5.41, 5.74) is 3.01. The number of halogens is 2. The predicted octanol–water partition coefficient (Wildman–Crippen LogP) is 4.14. The number of ketones is 1. The average molecular weight is 306 g/mol. The van der Waals surface area contributed by atoms with Crippen molar-refractivity contribution in [2.45, 2.75) is 18.9 Å². The van der Waals surface area contributed by atoms with Gasteiger partial charge in [-0.05, 0) is 23.3 Å². The normalized spacial score (nSPS) is 16.6. The molecule has 1 heterocycles. The molecule has 1 unspecified atom stereocenters. The molecule has 0 saturated heterocycles. The van der Waals surface area contributed by atoms with Crippen LogP contribution in [0.15, 0.2) is 42.5 Å². The van der Waals surface area contributed by atoms with E-state index >= 15 is 0 Å². The van der Waals surface area contributed by atoms with E-state index in [0.717, 1.165) is 17.7 Å². The van der Waals surface area contributed by atoms with E-state index in [1.165, 1.54) is 5.56 Å². The molecule has 0 saturated carbocycles. The fraction of sp³-hybridized carbons (Fsp3) is 0.188. The van der Waals surface area contributed by atoms with E-state index in [1.54, 1.807) is 6.07 Å². The Morgan fingerprint density at radius 3 is 2.75 bits per heavy atom. The van der Waals surface area contributed by atoms with Gasteiger partial charge in [0, 0.05) is 18.5 Å². The van der Waals surface area contributed by atoms with E-state index in [2.05, 4.69) is 5.32 Å². The summed E-state index contributed by atoms with van der Waals surface area (Å²) in [6.45, 7) is 0. The fourth-order valence-electron chi connectivity index (χ4n) is 2.49. The highest BCUT2D eigenvalue weighted by Gasteiger charge is 2.26. The molecular weight excluding hydrogens is 293 g/mol. The second-order valence-corrected chi connectivity index (χ2v) is 5.70. The van der Waals surface area contributed by atoms with Crippen LogP contribution in [0.1, 0.15) is 11.1 Å². The van der Waals surface area contributed by atoms with E-state index in [4.69, 9.17) is 23.2 Å². The van der Waals surface area contributed by atoms with E-state index in [0.29, 0.717) is 16.5 Å². The molecule has 1 atom stereocenters. The smallest absolute Gasteiger partial charge is 0.159 e. The fourth-order valence-corrected chi connectivity index (χ4v) is 2.87. The summed E-state index contributed by atoms with van der Waals surface area (Å²) in [5, 5.41) is 4.22. The maximum absolute atomic E-state index is 12.4. The SMILES string of the molecule is O=C(Cc1cccc(Cl)c1Cl)C1Cc2ccccc2N1. The van der Waals surface area contributed by atoms with Crippen LogP contribution in [0.4, 0.5) is 5.69 Å². The van der Waals surface area contributed by atoms with E-state index in [9.17, 15) is 4.79 Å². The third-order valence-electron chi connectivity index (χ3n) is 3.56. The van der Waals surface area contributed by atoms with Crippen LogP contribution >= 0.6 is 23.2 Å². The van der Waals surface area contributed by atoms with Crippen molar-refractivity contribution >= 4 is 34.7 Å². The molecule has 0 radical (unpaired) electrons. The first-order chi connectivity index (χ1) is 9.65. The van der Waals surface area contributed by atoms with Crippen molar-refractivity contribution in [2.75, 3.05) is 5.32 Å². The number of hydrogen-bond acceptors (Lipinski definition) is 2. The van der Waals surface area contributed by atoms with Crippen LogP contribution in [-0.2, 0) is 17.6 Å². The molecule has 4 heteroatoms. The van der Waals surface area contributed by atoms with Crippen LogP contribution in [0.3, 0.4) is 0 Å². The summed E-state index contributed by atoms with van der Waals surface area (Å²) in [6, 6.07) is 13.2. The number of nitrogens with one attached hydrogen (secondary N) is 1. The van der Waals surface area contributed by atoms with E-state index < -0.39 is 0 Å². The van der Waals surface area contributed by atoms with Crippen LogP contribution in [0.25, 0.3) is 0 Å². The number of carbonyl (C=O) groups excluding carboxylic acids is 1. The molecule has 0 amide bonds. The van der Waals surface area contributed by atoms with Gasteiger partial charge in [-0.15, -0.1) is 0 Å². The van der Waals surface area contributed by atoms with Gasteiger partial charge < -0.3 is 5.32 Å². The maximum Gasteiger partial charge on any atom is 0.159 e. The van der Waals surface area contributed by atoms with Gasteiger partial charge in [0.15, 0.2) is 5.78 Å². The number of benzene rings is 2. The second kappa shape index (κ2) is 5.47. The number of para-hydroxylation sites is 1. The van der Waals surface area contributed by atoms with Crippen LogP contribution in [0.5, 0.6) is 0 Å². The zero-order chi connectivity index (χ0) is 14.1. The van der Waals surface area contributed by atoms with E-state index in [-0.39, 0.29) is 11.8 Å². The standard InChI is InChI=1S/C16H13Cl2NO/c17-12-6-3-5-11(16(12)18)9-15(20)14-8-10-4-1-2-7-13(10)19-14/h1-7,14,19H,8-9H2.